The number of hydrazine groups is 1. The van der Waals surface area contributed by atoms with E-state index in [1.54, 1.807) is 24.3 Å². The number of anilines is 2. The van der Waals surface area contributed by atoms with Crippen molar-refractivity contribution >= 4 is 52.0 Å². The summed E-state index contributed by atoms with van der Waals surface area (Å²) in [5, 5.41) is 4.55. The van der Waals surface area contributed by atoms with Crippen molar-refractivity contribution in [1.82, 2.24) is 10.4 Å². The molecule has 0 bridgehead atoms. The molecule has 0 aliphatic heterocycles. The van der Waals surface area contributed by atoms with Crippen molar-refractivity contribution in [3.05, 3.63) is 52.1 Å². The lowest BCUT2D eigenvalue weighted by molar-refractivity contribution is -0.137. The topological polar surface area (TPSA) is 40.2 Å². The number of benzene rings is 1. The Morgan fingerprint density at radius 1 is 1.17 bits per heavy atom. The number of pyridine rings is 1. The maximum absolute atomic E-state index is 12.8. The number of hydrogen-bond donors (Lipinski definition) is 2. The molecular formula is C14H11Cl2F3N4S. The highest BCUT2D eigenvalue weighted by molar-refractivity contribution is 7.80. The van der Waals surface area contributed by atoms with Crippen molar-refractivity contribution in [1.29, 1.82) is 0 Å². The second-order valence-electron chi connectivity index (χ2n) is 4.67. The molecule has 128 valence electrons. The number of thiocarbonyl (C=S) groups is 1. The third-order valence-electron chi connectivity index (χ3n) is 2.82. The molecule has 0 atom stereocenters. The average molecular weight is 395 g/mol. The van der Waals surface area contributed by atoms with Crippen LogP contribution in [0.4, 0.5) is 24.7 Å². The molecule has 0 fully saturated rings. The third kappa shape index (κ3) is 5.12. The molecule has 0 aliphatic carbocycles. The molecule has 4 nitrogen and oxygen atoms in total. The normalized spacial score (nSPS) is 11.1. The van der Waals surface area contributed by atoms with Crippen LogP contribution in [0, 0.1) is 0 Å². The molecule has 0 saturated heterocycles. The Balaban J connectivity index is 2.08. The number of nitrogens with zero attached hydrogens (tertiary/aromatic N) is 2. The van der Waals surface area contributed by atoms with Gasteiger partial charge in [0.05, 0.1) is 5.56 Å². The van der Waals surface area contributed by atoms with Crippen molar-refractivity contribution in [2.24, 2.45) is 0 Å². The summed E-state index contributed by atoms with van der Waals surface area (Å²) in [6, 6.07) is 8.37. The lowest BCUT2D eigenvalue weighted by Crippen LogP contribution is -2.42. The van der Waals surface area contributed by atoms with E-state index >= 15 is 0 Å². The fraction of sp³-hybridized carbons (Fsp3) is 0.143. The van der Waals surface area contributed by atoms with Gasteiger partial charge in [-0.2, -0.15) is 13.2 Å². The summed E-state index contributed by atoms with van der Waals surface area (Å²) in [5.74, 6) is -0.0323. The average Bonchev–Trinajstić information content (AvgIpc) is 2.48. The van der Waals surface area contributed by atoms with Crippen LogP contribution in [0.2, 0.25) is 10.2 Å². The van der Waals surface area contributed by atoms with Crippen LogP contribution in [0.25, 0.3) is 0 Å². The minimum Gasteiger partial charge on any atom is -0.331 e. The maximum atomic E-state index is 12.8. The molecule has 0 radical (unpaired) electrons. The molecule has 2 aromatic rings. The first-order chi connectivity index (χ1) is 11.1. The zero-order chi connectivity index (χ0) is 17.9. The van der Waals surface area contributed by atoms with Crippen LogP contribution in [0.15, 0.2) is 36.4 Å². The highest BCUT2D eigenvalue weighted by Crippen LogP contribution is 2.32. The minimum atomic E-state index is -4.52. The summed E-state index contributed by atoms with van der Waals surface area (Å²) in [5.41, 5.74) is 2.46. The monoisotopic (exact) mass is 394 g/mol. The van der Waals surface area contributed by atoms with E-state index in [0.717, 1.165) is 12.1 Å². The second kappa shape index (κ2) is 7.42. The maximum Gasteiger partial charge on any atom is 0.416 e. The van der Waals surface area contributed by atoms with E-state index in [0.29, 0.717) is 10.7 Å². The van der Waals surface area contributed by atoms with Gasteiger partial charge in [-0.05, 0) is 48.6 Å². The molecule has 0 saturated carbocycles. The minimum absolute atomic E-state index is 0.0323. The predicted octanol–water partition coefficient (Wildman–Crippen LogP) is 4.75. The fourth-order valence-corrected chi connectivity index (χ4v) is 2.31. The SMILES string of the molecule is CN(NC(=S)Nc1ccc(Cl)cc1)c1cc(C(F)(F)F)cc(Cl)n1. The van der Waals surface area contributed by atoms with Gasteiger partial charge in [0.25, 0.3) is 0 Å². The van der Waals surface area contributed by atoms with Gasteiger partial charge in [-0.3, -0.25) is 10.4 Å². The number of nitrogens with one attached hydrogen (secondary N) is 2. The van der Waals surface area contributed by atoms with Gasteiger partial charge in [0.1, 0.15) is 11.0 Å². The largest absolute Gasteiger partial charge is 0.416 e. The lowest BCUT2D eigenvalue weighted by atomic mass is 10.2. The van der Waals surface area contributed by atoms with Gasteiger partial charge < -0.3 is 5.32 Å². The van der Waals surface area contributed by atoms with Crippen LogP contribution in [-0.4, -0.2) is 17.1 Å². The molecular weight excluding hydrogens is 384 g/mol. The standard InChI is InChI=1S/C14H11Cl2F3N4S/c1-23(12-7-8(14(17,18)19)6-11(16)21-12)22-13(24)20-10-4-2-9(15)3-5-10/h2-7H,1H3,(H2,20,22,24). The van der Waals surface area contributed by atoms with Crippen LogP contribution in [0.1, 0.15) is 5.56 Å². The molecule has 10 heteroatoms. The predicted molar refractivity (Wildman–Crippen MR) is 93.5 cm³/mol. The summed E-state index contributed by atoms with van der Waals surface area (Å²) < 4.78 is 38.5. The summed E-state index contributed by atoms with van der Waals surface area (Å²) in [7, 11) is 1.47. The summed E-state index contributed by atoms with van der Waals surface area (Å²) >= 11 is 16.5. The number of rotatable bonds is 3. The highest BCUT2D eigenvalue weighted by atomic mass is 35.5. The van der Waals surface area contributed by atoms with Crippen molar-refractivity contribution in [3.63, 3.8) is 0 Å². The first-order valence-corrected chi connectivity index (χ1v) is 7.63. The first kappa shape index (κ1) is 18.6. The second-order valence-corrected chi connectivity index (χ2v) is 5.90. The van der Waals surface area contributed by atoms with E-state index in [4.69, 9.17) is 35.4 Å². The molecule has 1 aromatic heterocycles. The summed E-state index contributed by atoms with van der Waals surface area (Å²) in [4.78, 5) is 3.84. The van der Waals surface area contributed by atoms with Crippen LogP contribution in [-0.2, 0) is 6.18 Å². The van der Waals surface area contributed by atoms with Gasteiger partial charge in [-0.1, -0.05) is 23.2 Å². The molecule has 2 N–H and O–H groups in total. The van der Waals surface area contributed by atoms with Crippen LogP contribution >= 0.6 is 35.4 Å². The lowest BCUT2D eigenvalue weighted by Gasteiger charge is -2.22. The quantitative estimate of drug-likeness (QED) is 0.446. The molecule has 0 unspecified atom stereocenters. The van der Waals surface area contributed by atoms with E-state index in [2.05, 4.69) is 15.7 Å². The van der Waals surface area contributed by atoms with E-state index < -0.39 is 11.7 Å². The van der Waals surface area contributed by atoms with Crippen molar-refractivity contribution in [3.8, 4) is 0 Å². The Morgan fingerprint density at radius 3 is 2.38 bits per heavy atom. The van der Waals surface area contributed by atoms with Crippen LogP contribution in [0.5, 0.6) is 0 Å². The molecule has 1 heterocycles. The van der Waals surface area contributed by atoms with Crippen molar-refractivity contribution < 1.29 is 13.2 Å². The fourth-order valence-electron chi connectivity index (χ4n) is 1.72. The highest BCUT2D eigenvalue weighted by Gasteiger charge is 2.32. The van der Waals surface area contributed by atoms with Gasteiger partial charge >= 0.3 is 6.18 Å². The zero-order valence-corrected chi connectivity index (χ0v) is 14.5. The van der Waals surface area contributed by atoms with E-state index in [1.165, 1.54) is 12.1 Å². The van der Waals surface area contributed by atoms with Crippen LogP contribution in [0.3, 0.4) is 0 Å². The molecule has 0 spiro atoms. The Labute approximate surface area is 151 Å². The van der Waals surface area contributed by atoms with E-state index in [9.17, 15) is 13.2 Å². The van der Waals surface area contributed by atoms with Gasteiger partial charge in [0.15, 0.2) is 5.11 Å². The van der Waals surface area contributed by atoms with Crippen LogP contribution < -0.4 is 15.8 Å². The molecule has 0 aliphatic rings. The third-order valence-corrected chi connectivity index (χ3v) is 3.46. The Morgan fingerprint density at radius 2 is 1.79 bits per heavy atom. The Bertz CT molecular complexity index is 738. The number of halogens is 5. The summed E-state index contributed by atoms with van der Waals surface area (Å²) in [6.45, 7) is 0. The Kier molecular flexibility index (Phi) is 5.74. The van der Waals surface area contributed by atoms with Gasteiger partial charge in [-0.25, -0.2) is 4.98 Å². The first-order valence-electron chi connectivity index (χ1n) is 6.47. The number of hydrogen-bond acceptors (Lipinski definition) is 3. The molecule has 1 aromatic carbocycles. The zero-order valence-electron chi connectivity index (χ0n) is 12.2. The number of aromatic nitrogens is 1. The number of alkyl halides is 3. The molecule has 0 amide bonds. The summed E-state index contributed by atoms with van der Waals surface area (Å²) in [6.07, 6.45) is -4.52. The van der Waals surface area contributed by atoms with Crippen molar-refractivity contribution in [2.45, 2.75) is 6.18 Å². The smallest absolute Gasteiger partial charge is 0.331 e. The van der Waals surface area contributed by atoms with E-state index in [1.807, 2.05) is 0 Å². The molecule has 2 rings (SSSR count). The Hall–Kier alpha value is -1.77. The van der Waals surface area contributed by atoms with Gasteiger partial charge in [0.2, 0.25) is 0 Å². The van der Waals surface area contributed by atoms with Crippen molar-refractivity contribution in [2.75, 3.05) is 17.4 Å². The van der Waals surface area contributed by atoms with E-state index in [-0.39, 0.29) is 16.1 Å². The molecule has 24 heavy (non-hydrogen) atoms. The van der Waals surface area contributed by atoms with Gasteiger partial charge in [0, 0.05) is 17.8 Å². The van der Waals surface area contributed by atoms with Gasteiger partial charge in [-0.15, -0.1) is 0 Å².